The molecule has 6 rings (SSSR count). The number of esters is 1. The Bertz CT molecular complexity index is 1610. The summed E-state index contributed by atoms with van der Waals surface area (Å²) in [7, 11) is -4.51. The number of carbonyl (C=O) groups is 1. The van der Waals surface area contributed by atoms with Crippen LogP contribution in [0.4, 0.5) is 5.82 Å². The largest absolute Gasteiger partial charge is 0.461 e. The first-order valence-electron chi connectivity index (χ1n) is 14.1. The number of carbonyl (C=O) groups excluding carboxylic acids is 1. The van der Waals surface area contributed by atoms with Gasteiger partial charge >= 0.3 is 13.7 Å². The number of nitrogens with one attached hydrogen (secondary N) is 1. The molecule has 0 amide bonds. The van der Waals surface area contributed by atoms with E-state index in [-0.39, 0.29) is 17.7 Å². The summed E-state index contributed by atoms with van der Waals surface area (Å²) >= 11 is 0. The molecule has 1 saturated heterocycles. The van der Waals surface area contributed by atoms with Gasteiger partial charge in [-0.15, -0.1) is 0 Å². The first kappa shape index (κ1) is 29.5. The van der Waals surface area contributed by atoms with Crippen molar-refractivity contribution in [2.24, 2.45) is 5.92 Å². The van der Waals surface area contributed by atoms with Gasteiger partial charge in [0.1, 0.15) is 48.0 Å². The number of anilines is 1. The zero-order valence-corrected chi connectivity index (χ0v) is 24.5. The number of ether oxygens (including phenoxy) is 2. The summed E-state index contributed by atoms with van der Waals surface area (Å²) in [5.41, 5.74) is 2.25. The zero-order chi connectivity index (χ0) is 30.6. The molecule has 7 atom stereocenters. The normalized spacial score (nSPS) is 33.6. The molecule has 0 spiro atoms. The van der Waals surface area contributed by atoms with Gasteiger partial charge in [0.2, 0.25) is 5.60 Å². The first-order valence-corrected chi connectivity index (χ1v) is 15.6. The number of nitrogens with two attached hydrogens (primary N) is 1. The van der Waals surface area contributed by atoms with Gasteiger partial charge in [0.25, 0.3) is 0 Å². The lowest BCUT2D eigenvalue weighted by molar-refractivity contribution is -0.152. The van der Waals surface area contributed by atoms with Crippen LogP contribution in [0.2, 0.25) is 0 Å². The van der Waals surface area contributed by atoms with Crippen LogP contribution in [0.15, 0.2) is 48.8 Å². The topological polar surface area (TPSA) is 204 Å². The lowest BCUT2D eigenvalue weighted by atomic mass is 9.89. The average molecular weight is 613 g/mol. The van der Waals surface area contributed by atoms with Gasteiger partial charge in [0, 0.05) is 0 Å². The fourth-order valence-corrected chi connectivity index (χ4v) is 7.65. The summed E-state index contributed by atoms with van der Waals surface area (Å²) in [6.45, 7) is 3.60. The third-order valence-electron chi connectivity index (χ3n) is 8.46. The maximum atomic E-state index is 14.2. The van der Waals surface area contributed by atoms with Crippen LogP contribution >= 0.6 is 7.75 Å². The number of fused-ring (bicyclic) bond motifs is 2. The number of hydrogen-bond donors (Lipinski definition) is 4. The van der Waals surface area contributed by atoms with Crippen molar-refractivity contribution in [1.82, 2.24) is 19.7 Å². The number of nitriles is 1. The van der Waals surface area contributed by atoms with Crippen LogP contribution in [0.25, 0.3) is 5.52 Å². The SMILES string of the molecule is CC1CCC(OC(=O)[C@@H](C)N[P@@](=O)(Oc2ccccc2)OC2[C@@]3(C#N)O[C@@H](c4ccc5c(N)ncnn45)[C@H](O)[C@@]23O)CC1. The number of nitrogen functional groups attached to an aromatic ring is 1. The Hall–Kier alpha value is -3.57. The Morgan fingerprint density at radius 2 is 1.98 bits per heavy atom. The van der Waals surface area contributed by atoms with Crippen molar-refractivity contribution in [3.63, 3.8) is 0 Å². The Kier molecular flexibility index (Phi) is 7.45. The third kappa shape index (κ3) is 4.96. The molecule has 1 aromatic carbocycles. The Balaban J connectivity index is 1.23. The quantitative estimate of drug-likeness (QED) is 0.203. The van der Waals surface area contributed by atoms with Crippen LogP contribution in [0.1, 0.15) is 51.3 Å². The van der Waals surface area contributed by atoms with Crippen LogP contribution in [0.3, 0.4) is 0 Å². The average Bonchev–Trinajstić information content (AvgIpc) is 3.23. The van der Waals surface area contributed by atoms with E-state index in [1.54, 1.807) is 30.3 Å². The standard InChI is InChI=1S/C28H33N6O8P/c1-16-8-10-18(11-9-16)39-25(36)17(2)33-43(38,41-19-6-4-3-5-7-19)42-26-27(14-29)28(26,37)23(35)22(40-27)20-12-13-21-24(30)31-15-32-34(20)21/h3-7,12-13,15-18,22-23,26,35,37H,8-11H2,1-2H3,(H,33,38)(H2,30,31,32)/t16?,17-,18?,22+,23+,26?,27-,28-,43-/m1/s1. The molecule has 15 heteroatoms. The lowest BCUT2D eigenvalue weighted by Gasteiger charge is -2.29. The van der Waals surface area contributed by atoms with Crippen molar-refractivity contribution in [2.45, 2.75) is 81.2 Å². The molecule has 3 aromatic rings. The van der Waals surface area contributed by atoms with Gasteiger partial charge in [-0.3, -0.25) is 9.32 Å². The van der Waals surface area contributed by atoms with Crippen LogP contribution in [0, 0.1) is 17.2 Å². The monoisotopic (exact) mass is 612 g/mol. The van der Waals surface area contributed by atoms with Gasteiger partial charge in [0.15, 0.2) is 17.5 Å². The molecule has 1 unspecified atom stereocenters. The minimum Gasteiger partial charge on any atom is -0.461 e. The van der Waals surface area contributed by atoms with E-state index < -0.39 is 49.3 Å². The summed E-state index contributed by atoms with van der Waals surface area (Å²) in [4.78, 5) is 16.9. The summed E-state index contributed by atoms with van der Waals surface area (Å²) in [5, 5.41) is 39.7. The molecule has 2 aliphatic carbocycles. The number of hydrogen-bond acceptors (Lipinski definition) is 12. The molecule has 2 saturated carbocycles. The van der Waals surface area contributed by atoms with Gasteiger partial charge in [0.05, 0.1) is 5.69 Å². The van der Waals surface area contributed by atoms with Crippen molar-refractivity contribution in [2.75, 3.05) is 5.73 Å². The number of nitrogens with zero attached hydrogens (tertiary/aromatic N) is 4. The molecule has 1 aliphatic heterocycles. The molecule has 3 fully saturated rings. The molecular weight excluding hydrogens is 579 g/mol. The number of para-hydroxylation sites is 1. The second-order valence-corrected chi connectivity index (χ2v) is 13.1. The highest BCUT2D eigenvalue weighted by Crippen LogP contribution is 2.68. The van der Waals surface area contributed by atoms with E-state index in [1.807, 2.05) is 6.07 Å². The molecule has 3 aliphatic rings. The second-order valence-electron chi connectivity index (χ2n) is 11.4. The van der Waals surface area contributed by atoms with Crippen LogP contribution in [0.5, 0.6) is 5.75 Å². The fraction of sp³-hybridized carbons (Fsp3) is 0.500. The Morgan fingerprint density at radius 3 is 2.65 bits per heavy atom. The second kappa shape index (κ2) is 10.9. The predicted octanol–water partition coefficient (Wildman–Crippen LogP) is 2.42. The summed E-state index contributed by atoms with van der Waals surface area (Å²) in [5.74, 6) is 0.238. The number of rotatable bonds is 9. The highest BCUT2D eigenvalue weighted by molar-refractivity contribution is 7.52. The maximum absolute atomic E-state index is 14.2. The maximum Gasteiger partial charge on any atom is 0.459 e. The lowest BCUT2D eigenvalue weighted by Crippen LogP contribution is -2.39. The minimum absolute atomic E-state index is 0.139. The molecule has 228 valence electrons. The Morgan fingerprint density at radius 1 is 1.26 bits per heavy atom. The van der Waals surface area contributed by atoms with E-state index in [0.29, 0.717) is 17.1 Å². The minimum atomic E-state index is -4.51. The van der Waals surface area contributed by atoms with E-state index in [4.69, 9.17) is 24.3 Å². The van der Waals surface area contributed by atoms with Crippen LogP contribution < -0.4 is 15.3 Å². The smallest absolute Gasteiger partial charge is 0.459 e. The molecule has 0 bridgehead atoms. The zero-order valence-electron chi connectivity index (χ0n) is 23.6. The van der Waals surface area contributed by atoms with E-state index in [2.05, 4.69) is 22.1 Å². The van der Waals surface area contributed by atoms with Gasteiger partial charge in [-0.1, -0.05) is 25.1 Å². The Labute approximate surface area is 247 Å². The van der Waals surface area contributed by atoms with Crippen LogP contribution in [-0.2, 0) is 23.4 Å². The molecule has 5 N–H and O–H groups in total. The van der Waals surface area contributed by atoms with E-state index in [0.717, 1.165) is 25.7 Å². The number of aliphatic hydroxyl groups is 2. The summed E-state index contributed by atoms with van der Waals surface area (Å²) in [6.07, 6.45) is -0.191. The molecule has 14 nitrogen and oxygen atoms in total. The molecular formula is C28H33N6O8P. The molecule has 0 radical (unpaired) electrons. The fourth-order valence-electron chi connectivity index (χ4n) is 5.93. The first-order chi connectivity index (χ1) is 20.5. The molecule has 3 heterocycles. The number of benzene rings is 1. The van der Waals surface area contributed by atoms with Crippen molar-refractivity contribution >= 4 is 25.1 Å². The highest BCUT2D eigenvalue weighted by atomic mass is 31.2. The molecule has 2 aromatic heterocycles. The molecule has 43 heavy (non-hydrogen) atoms. The van der Waals surface area contributed by atoms with Crippen LogP contribution in [-0.4, -0.2) is 66.3 Å². The summed E-state index contributed by atoms with van der Waals surface area (Å²) < 4.78 is 38.7. The van der Waals surface area contributed by atoms with Crippen molar-refractivity contribution < 1.29 is 38.1 Å². The summed E-state index contributed by atoms with van der Waals surface area (Å²) in [6, 6.07) is 12.0. The van der Waals surface area contributed by atoms with Crippen molar-refractivity contribution in [3.8, 4) is 11.8 Å². The number of aromatic nitrogens is 3. The van der Waals surface area contributed by atoms with Gasteiger partial charge in [-0.25, -0.2) is 14.1 Å². The van der Waals surface area contributed by atoms with E-state index >= 15 is 0 Å². The van der Waals surface area contributed by atoms with E-state index in [1.165, 1.54) is 29.9 Å². The van der Waals surface area contributed by atoms with Crippen molar-refractivity contribution in [1.29, 1.82) is 5.26 Å². The predicted molar refractivity (Wildman–Crippen MR) is 150 cm³/mol. The number of aliphatic hydroxyl groups excluding tert-OH is 1. The van der Waals surface area contributed by atoms with Crippen molar-refractivity contribution in [3.05, 3.63) is 54.5 Å². The van der Waals surface area contributed by atoms with Gasteiger partial charge in [-0.2, -0.15) is 15.4 Å². The van der Waals surface area contributed by atoms with Gasteiger partial charge in [-0.05, 0) is 62.8 Å². The van der Waals surface area contributed by atoms with E-state index in [9.17, 15) is 24.8 Å². The third-order valence-corrected chi connectivity index (χ3v) is 10.1. The highest BCUT2D eigenvalue weighted by Gasteiger charge is 2.90. The van der Waals surface area contributed by atoms with Gasteiger partial charge < -0.3 is 29.9 Å².